The molecule has 1 aromatic carbocycles. The predicted octanol–water partition coefficient (Wildman–Crippen LogP) is 0.429. The van der Waals surface area contributed by atoms with E-state index in [1.165, 1.54) is 0 Å². The summed E-state index contributed by atoms with van der Waals surface area (Å²) in [5.74, 6) is -3.30. The zero-order chi connectivity index (χ0) is 23.6. The van der Waals surface area contributed by atoms with Gasteiger partial charge in [-0.2, -0.15) is 0 Å². The van der Waals surface area contributed by atoms with Crippen LogP contribution >= 0.6 is 0 Å². The van der Waals surface area contributed by atoms with Gasteiger partial charge in [0.2, 0.25) is 17.7 Å². The first-order valence-corrected chi connectivity index (χ1v) is 10.5. The quantitative estimate of drug-likeness (QED) is 0.322. The fraction of sp³-hybridized carbons (Fsp3) is 0.545. The van der Waals surface area contributed by atoms with E-state index in [1.807, 2.05) is 37.3 Å². The first-order valence-electron chi connectivity index (χ1n) is 10.5. The molecular weight excluding hydrogens is 400 g/mol. The van der Waals surface area contributed by atoms with E-state index in [0.717, 1.165) is 5.56 Å². The molecule has 4 unspecified atom stereocenters. The van der Waals surface area contributed by atoms with Gasteiger partial charge in [-0.3, -0.25) is 14.4 Å². The van der Waals surface area contributed by atoms with Gasteiger partial charge in [-0.05, 0) is 17.4 Å². The van der Waals surface area contributed by atoms with Gasteiger partial charge in [0.1, 0.15) is 18.1 Å². The van der Waals surface area contributed by atoms with Gasteiger partial charge >= 0.3 is 5.97 Å². The lowest BCUT2D eigenvalue weighted by Crippen LogP contribution is -2.58. The Labute approximate surface area is 183 Å². The fourth-order valence-electron chi connectivity index (χ4n) is 3.02. The van der Waals surface area contributed by atoms with Crippen LogP contribution in [0.5, 0.6) is 0 Å². The summed E-state index contributed by atoms with van der Waals surface area (Å²) >= 11 is 0. The maximum absolute atomic E-state index is 13.0. The van der Waals surface area contributed by atoms with Crippen molar-refractivity contribution in [2.45, 2.75) is 58.7 Å². The molecule has 31 heavy (non-hydrogen) atoms. The molecule has 1 aromatic rings. The molecule has 9 nitrogen and oxygen atoms in total. The van der Waals surface area contributed by atoms with E-state index in [0.29, 0.717) is 6.42 Å². The average molecular weight is 435 g/mol. The molecule has 0 radical (unpaired) electrons. The highest BCUT2D eigenvalue weighted by Gasteiger charge is 2.32. The third-order valence-electron chi connectivity index (χ3n) is 5.14. The van der Waals surface area contributed by atoms with Gasteiger partial charge in [0.25, 0.3) is 0 Å². The van der Waals surface area contributed by atoms with E-state index in [2.05, 4.69) is 16.0 Å². The Morgan fingerprint density at radius 3 is 2.03 bits per heavy atom. The van der Waals surface area contributed by atoms with Gasteiger partial charge < -0.3 is 26.8 Å². The topological polar surface area (TPSA) is 151 Å². The monoisotopic (exact) mass is 434 g/mol. The summed E-state index contributed by atoms with van der Waals surface area (Å²) < 4.78 is 0. The zero-order valence-corrected chi connectivity index (χ0v) is 18.6. The molecule has 0 bridgehead atoms. The predicted molar refractivity (Wildman–Crippen MR) is 117 cm³/mol. The van der Waals surface area contributed by atoms with Crippen molar-refractivity contribution in [2.75, 3.05) is 6.54 Å². The Morgan fingerprint density at radius 1 is 0.935 bits per heavy atom. The van der Waals surface area contributed by atoms with Crippen LogP contribution in [0.25, 0.3) is 0 Å². The lowest BCUT2D eigenvalue weighted by Gasteiger charge is -2.27. The van der Waals surface area contributed by atoms with E-state index in [9.17, 15) is 24.3 Å². The molecule has 0 aliphatic rings. The summed E-state index contributed by atoms with van der Waals surface area (Å²) in [6, 6.07) is 6.09. The van der Waals surface area contributed by atoms with Gasteiger partial charge in [0.15, 0.2) is 0 Å². The first-order chi connectivity index (χ1) is 14.6. The van der Waals surface area contributed by atoms with Crippen LogP contribution in [0, 0.1) is 11.8 Å². The van der Waals surface area contributed by atoms with Crippen LogP contribution in [-0.2, 0) is 25.6 Å². The number of amides is 3. The summed E-state index contributed by atoms with van der Waals surface area (Å²) in [7, 11) is 0. The molecule has 0 saturated heterocycles. The van der Waals surface area contributed by atoms with E-state index >= 15 is 0 Å². The van der Waals surface area contributed by atoms with Crippen LogP contribution in [0.4, 0.5) is 0 Å². The Balaban J connectivity index is 3.09. The van der Waals surface area contributed by atoms with Gasteiger partial charge in [-0.1, -0.05) is 64.4 Å². The molecule has 0 saturated carbocycles. The maximum atomic E-state index is 13.0. The number of carbonyl (C=O) groups excluding carboxylic acids is 3. The number of hydrogen-bond donors (Lipinski definition) is 5. The van der Waals surface area contributed by atoms with Crippen LogP contribution in [0.3, 0.4) is 0 Å². The van der Waals surface area contributed by atoms with Gasteiger partial charge in [-0.15, -0.1) is 0 Å². The van der Waals surface area contributed by atoms with Crippen molar-refractivity contribution in [1.82, 2.24) is 16.0 Å². The highest BCUT2D eigenvalue weighted by atomic mass is 16.4. The molecule has 1 rings (SSSR count). The smallest absolute Gasteiger partial charge is 0.326 e. The number of carboxylic acids is 1. The molecule has 6 N–H and O–H groups in total. The SMILES string of the molecule is CCC(C)C(NC(=O)C(Cc1ccccc1)NC(=O)C(NC(=O)CN)C(C)C)C(=O)O. The minimum absolute atomic E-state index is 0.168. The summed E-state index contributed by atoms with van der Waals surface area (Å²) in [6.07, 6.45) is 0.731. The van der Waals surface area contributed by atoms with E-state index in [4.69, 9.17) is 5.73 Å². The number of nitrogens with two attached hydrogens (primary N) is 1. The van der Waals surface area contributed by atoms with Crippen molar-refractivity contribution >= 4 is 23.7 Å². The van der Waals surface area contributed by atoms with Gasteiger partial charge in [-0.25, -0.2) is 4.79 Å². The standard InChI is InChI=1S/C22H34N4O5/c1-5-14(4)19(22(30)31)26-20(28)16(11-15-9-7-6-8-10-15)24-21(29)18(13(2)3)25-17(27)12-23/h6-10,13-14,16,18-19H,5,11-12,23H2,1-4H3,(H,24,29)(H,25,27)(H,26,28)(H,30,31). The van der Waals surface area contributed by atoms with Crippen molar-refractivity contribution in [3.8, 4) is 0 Å². The Kier molecular flexibility index (Phi) is 10.7. The molecule has 0 aliphatic carbocycles. The lowest BCUT2D eigenvalue weighted by molar-refractivity contribution is -0.143. The molecule has 172 valence electrons. The Hall–Kier alpha value is -2.94. The molecule has 4 atom stereocenters. The Morgan fingerprint density at radius 2 is 1.55 bits per heavy atom. The van der Waals surface area contributed by atoms with Gasteiger partial charge in [0, 0.05) is 6.42 Å². The number of nitrogens with one attached hydrogen (secondary N) is 3. The summed E-state index contributed by atoms with van der Waals surface area (Å²) in [4.78, 5) is 49.2. The zero-order valence-electron chi connectivity index (χ0n) is 18.6. The first kappa shape index (κ1) is 26.1. The van der Waals surface area contributed by atoms with Crippen molar-refractivity contribution in [1.29, 1.82) is 0 Å². The number of carbonyl (C=O) groups is 4. The number of aliphatic carboxylic acids is 1. The fourth-order valence-corrected chi connectivity index (χ4v) is 3.02. The molecule has 0 aliphatic heterocycles. The minimum atomic E-state index is -1.14. The summed E-state index contributed by atoms with van der Waals surface area (Å²) in [5, 5.41) is 17.3. The average Bonchev–Trinajstić information content (AvgIpc) is 2.74. The van der Waals surface area contributed by atoms with E-state index in [1.54, 1.807) is 20.8 Å². The normalized spacial score (nSPS) is 14.8. The van der Waals surface area contributed by atoms with E-state index < -0.39 is 41.8 Å². The van der Waals surface area contributed by atoms with Crippen LogP contribution in [0.15, 0.2) is 30.3 Å². The summed E-state index contributed by atoms with van der Waals surface area (Å²) in [5.41, 5.74) is 6.13. The second-order valence-corrected chi connectivity index (χ2v) is 7.95. The number of hydrogen-bond acceptors (Lipinski definition) is 5. The molecule has 0 aromatic heterocycles. The van der Waals surface area contributed by atoms with Crippen molar-refractivity contribution in [2.24, 2.45) is 17.6 Å². The maximum Gasteiger partial charge on any atom is 0.326 e. The van der Waals surface area contributed by atoms with E-state index in [-0.39, 0.29) is 24.8 Å². The van der Waals surface area contributed by atoms with Crippen LogP contribution in [-0.4, -0.2) is 53.5 Å². The minimum Gasteiger partial charge on any atom is -0.480 e. The number of benzene rings is 1. The summed E-state index contributed by atoms with van der Waals surface area (Å²) in [6.45, 7) is 6.83. The van der Waals surface area contributed by atoms with Crippen LogP contribution < -0.4 is 21.7 Å². The van der Waals surface area contributed by atoms with Crippen molar-refractivity contribution in [3.05, 3.63) is 35.9 Å². The van der Waals surface area contributed by atoms with Crippen LogP contribution in [0.2, 0.25) is 0 Å². The molecule has 0 spiro atoms. The number of rotatable bonds is 12. The third kappa shape index (κ3) is 8.37. The van der Waals surface area contributed by atoms with Crippen molar-refractivity contribution in [3.63, 3.8) is 0 Å². The Bertz CT molecular complexity index is 754. The molecule has 3 amide bonds. The van der Waals surface area contributed by atoms with Gasteiger partial charge in [0.05, 0.1) is 6.54 Å². The van der Waals surface area contributed by atoms with Crippen molar-refractivity contribution < 1.29 is 24.3 Å². The lowest BCUT2D eigenvalue weighted by atomic mass is 9.97. The molecule has 0 heterocycles. The second-order valence-electron chi connectivity index (χ2n) is 7.95. The second kappa shape index (κ2) is 12.7. The molecule has 9 heteroatoms. The third-order valence-corrected chi connectivity index (χ3v) is 5.14. The number of carboxylic acid groups (broad SMARTS) is 1. The highest BCUT2D eigenvalue weighted by Crippen LogP contribution is 2.11. The van der Waals surface area contributed by atoms with Crippen LogP contribution in [0.1, 0.15) is 39.7 Å². The highest BCUT2D eigenvalue weighted by molar-refractivity contribution is 5.93. The molecular formula is C22H34N4O5. The largest absolute Gasteiger partial charge is 0.480 e. The molecule has 0 fully saturated rings.